The Labute approximate surface area is 196 Å². The van der Waals surface area contributed by atoms with Crippen LogP contribution in [0.15, 0.2) is 48.5 Å². The molecule has 0 saturated carbocycles. The lowest BCUT2D eigenvalue weighted by molar-refractivity contribution is -0.131. The second-order valence-corrected chi connectivity index (χ2v) is 8.57. The third kappa shape index (κ3) is 3.93. The number of rotatable bonds is 5. The Morgan fingerprint density at radius 3 is 2.64 bits per heavy atom. The maximum absolute atomic E-state index is 13.0. The van der Waals surface area contributed by atoms with Crippen molar-refractivity contribution in [3.05, 3.63) is 53.3 Å². The van der Waals surface area contributed by atoms with Gasteiger partial charge in [-0.25, -0.2) is 9.55 Å². The van der Waals surface area contributed by atoms with Crippen LogP contribution in [0.3, 0.4) is 0 Å². The number of amides is 1. The van der Waals surface area contributed by atoms with Crippen molar-refractivity contribution in [2.75, 3.05) is 43.5 Å². The van der Waals surface area contributed by atoms with Gasteiger partial charge in [-0.15, -0.1) is 0 Å². The molecule has 1 amide bonds. The van der Waals surface area contributed by atoms with Gasteiger partial charge < -0.3 is 19.9 Å². The number of ether oxygens (including phenoxy) is 1. The number of carbonyl (C=O) groups is 2. The Morgan fingerprint density at radius 2 is 1.85 bits per heavy atom. The lowest BCUT2D eigenvalue weighted by atomic mass is 10.1. The number of hydrogen-bond donors (Lipinski definition) is 1. The van der Waals surface area contributed by atoms with Crippen LogP contribution in [0.25, 0.3) is 10.9 Å². The molecule has 8 nitrogen and oxygen atoms in total. The number of hydrogen-bond acceptors (Lipinski definition) is 7. The number of fused-ring (bicyclic) bond motifs is 3. The van der Waals surface area contributed by atoms with Crippen LogP contribution >= 0.6 is 12.2 Å². The van der Waals surface area contributed by atoms with Gasteiger partial charge in [0, 0.05) is 38.0 Å². The van der Waals surface area contributed by atoms with E-state index in [0.717, 1.165) is 35.4 Å². The van der Waals surface area contributed by atoms with Gasteiger partial charge in [0.2, 0.25) is 10.7 Å². The molecule has 0 unspecified atom stereocenters. The molecule has 3 aromatic rings. The third-order valence-corrected chi connectivity index (χ3v) is 6.60. The Bertz CT molecular complexity index is 1280. The van der Waals surface area contributed by atoms with Crippen molar-refractivity contribution in [2.45, 2.75) is 18.9 Å². The van der Waals surface area contributed by atoms with E-state index in [2.05, 4.69) is 15.2 Å². The normalized spacial score (nSPS) is 17.7. The van der Waals surface area contributed by atoms with Gasteiger partial charge in [-0.1, -0.05) is 24.3 Å². The zero-order valence-electron chi connectivity index (χ0n) is 18.4. The highest BCUT2D eigenvalue weighted by Gasteiger charge is 2.33. The minimum Gasteiger partial charge on any atom is -0.495 e. The summed E-state index contributed by atoms with van der Waals surface area (Å²) < 4.78 is 7.16. The van der Waals surface area contributed by atoms with E-state index in [9.17, 15) is 9.59 Å². The van der Waals surface area contributed by atoms with Gasteiger partial charge in [-0.2, -0.15) is 0 Å². The van der Waals surface area contributed by atoms with E-state index in [0.29, 0.717) is 31.7 Å². The molecule has 0 radical (unpaired) electrons. The fourth-order valence-electron chi connectivity index (χ4n) is 4.58. The SMILES string of the molecule is COc1ccccc1N1CCN(C(=O)CC[C@H]2Nc3c4ccccc4nc(=S)n3C2=O)CC1. The Hall–Kier alpha value is -3.46. The van der Waals surface area contributed by atoms with Gasteiger partial charge in [0.25, 0.3) is 5.91 Å². The highest BCUT2D eigenvalue weighted by molar-refractivity contribution is 7.71. The number of aromatic nitrogens is 2. The van der Waals surface area contributed by atoms with Crippen LogP contribution in [0.5, 0.6) is 5.75 Å². The zero-order valence-corrected chi connectivity index (χ0v) is 19.2. The molecular weight excluding hydrogens is 438 g/mol. The summed E-state index contributed by atoms with van der Waals surface area (Å²) in [6.45, 7) is 2.77. The van der Waals surface area contributed by atoms with E-state index in [1.54, 1.807) is 7.11 Å². The smallest absolute Gasteiger partial charge is 0.257 e. The largest absolute Gasteiger partial charge is 0.495 e. The van der Waals surface area contributed by atoms with Crippen molar-refractivity contribution >= 4 is 46.4 Å². The van der Waals surface area contributed by atoms with E-state index in [-0.39, 0.29) is 16.6 Å². The van der Waals surface area contributed by atoms with Gasteiger partial charge in [0.1, 0.15) is 17.6 Å². The molecule has 2 aliphatic rings. The Morgan fingerprint density at radius 1 is 1.12 bits per heavy atom. The van der Waals surface area contributed by atoms with E-state index in [1.807, 2.05) is 53.4 Å². The van der Waals surface area contributed by atoms with Gasteiger partial charge in [-0.05, 0) is 42.9 Å². The number of nitrogens with one attached hydrogen (secondary N) is 1. The summed E-state index contributed by atoms with van der Waals surface area (Å²) in [5.74, 6) is 1.41. The third-order valence-electron chi connectivity index (χ3n) is 6.32. The summed E-state index contributed by atoms with van der Waals surface area (Å²) in [5, 5.41) is 4.13. The minimum absolute atomic E-state index is 0.0619. The molecule has 1 aromatic heterocycles. The van der Waals surface area contributed by atoms with Crippen LogP contribution < -0.4 is 15.0 Å². The number of nitrogens with zero attached hydrogens (tertiary/aromatic N) is 4. The van der Waals surface area contributed by atoms with E-state index >= 15 is 0 Å². The molecular formula is C24H25N5O3S. The zero-order chi connectivity index (χ0) is 22.9. The lowest BCUT2D eigenvalue weighted by Crippen LogP contribution is -2.49. The highest BCUT2D eigenvalue weighted by Crippen LogP contribution is 2.30. The first-order chi connectivity index (χ1) is 16.1. The number of para-hydroxylation sites is 3. The highest BCUT2D eigenvalue weighted by atomic mass is 32.1. The van der Waals surface area contributed by atoms with Gasteiger partial charge in [0.05, 0.1) is 18.3 Å². The van der Waals surface area contributed by atoms with Crippen molar-refractivity contribution in [3.8, 4) is 5.75 Å². The molecule has 0 spiro atoms. The van der Waals surface area contributed by atoms with E-state index < -0.39 is 6.04 Å². The van der Waals surface area contributed by atoms with Crippen molar-refractivity contribution in [3.63, 3.8) is 0 Å². The maximum Gasteiger partial charge on any atom is 0.257 e. The first kappa shape index (κ1) is 21.4. The van der Waals surface area contributed by atoms with Crippen LogP contribution in [0.1, 0.15) is 17.6 Å². The molecule has 2 aromatic carbocycles. The molecule has 0 aliphatic carbocycles. The van der Waals surface area contributed by atoms with E-state index in [1.165, 1.54) is 4.57 Å². The summed E-state index contributed by atoms with van der Waals surface area (Å²) in [4.78, 5) is 34.3. The number of carbonyl (C=O) groups excluding carboxylic acids is 2. The van der Waals surface area contributed by atoms with Crippen LogP contribution in [0.2, 0.25) is 0 Å². The topological polar surface area (TPSA) is 79.7 Å². The first-order valence-electron chi connectivity index (χ1n) is 11.0. The van der Waals surface area contributed by atoms with Crippen molar-refractivity contribution < 1.29 is 14.3 Å². The molecule has 9 heteroatoms. The number of anilines is 2. The van der Waals surface area contributed by atoms with Crippen molar-refractivity contribution in [2.24, 2.45) is 0 Å². The average molecular weight is 464 g/mol. The lowest BCUT2D eigenvalue weighted by Gasteiger charge is -2.36. The standard InChI is InChI=1S/C24H25N5O3S/c1-32-20-9-5-4-8-19(20)27-12-14-28(15-13-27)21(30)11-10-18-23(31)29-22(25-18)16-6-2-3-7-17(16)26-24(29)33/h2-9,18,25H,10-15H2,1H3/t18-/m1/s1. The fourth-order valence-corrected chi connectivity index (χ4v) is 4.86. The quantitative estimate of drug-likeness (QED) is 0.582. The van der Waals surface area contributed by atoms with Gasteiger partial charge in [-0.3, -0.25) is 9.59 Å². The average Bonchev–Trinajstić information content (AvgIpc) is 3.19. The summed E-state index contributed by atoms with van der Waals surface area (Å²) >= 11 is 5.35. The molecule has 2 aliphatic heterocycles. The van der Waals surface area contributed by atoms with Gasteiger partial charge >= 0.3 is 0 Å². The fraction of sp³-hybridized carbons (Fsp3) is 0.333. The first-order valence-corrected chi connectivity index (χ1v) is 11.5. The number of piperazine rings is 1. The second kappa shape index (κ2) is 8.82. The van der Waals surface area contributed by atoms with Crippen LogP contribution in [-0.4, -0.2) is 65.6 Å². The number of benzene rings is 2. The minimum atomic E-state index is -0.488. The molecule has 5 rings (SSSR count). The predicted octanol–water partition coefficient (Wildman–Crippen LogP) is 3.34. The number of methoxy groups -OCH3 is 1. The Kier molecular flexibility index (Phi) is 5.72. The summed E-state index contributed by atoms with van der Waals surface area (Å²) in [6.07, 6.45) is 0.708. The van der Waals surface area contributed by atoms with E-state index in [4.69, 9.17) is 17.0 Å². The summed E-state index contributed by atoms with van der Waals surface area (Å²) in [5.41, 5.74) is 1.79. The van der Waals surface area contributed by atoms with Crippen molar-refractivity contribution in [1.29, 1.82) is 0 Å². The summed E-state index contributed by atoms with van der Waals surface area (Å²) in [6, 6.07) is 15.0. The molecule has 1 N–H and O–H groups in total. The van der Waals surface area contributed by atoms with Crippen LogP contribution in [-0.2, 0) is 4.79 Å². The summed E-state index contributed by atoms with van der Waals surface area (Å²) in [7, 11) is 1.67. The van der Waals surface area contributed by atoms with Crippen molar-refractivity contribution in [1.82, 2.24) is 14.5 Å². The Balaban J connectivity index is 1.21. The molecule has 1 atom stereocenters. The molecule has 33 heavy (non-hydrogen) atoms. The molecule has 0 bridgehead atoms. The monoisotopic (exact) mass is 463 g/mol. The molecule has 3 heterocycles. The second-order valence-electron chi connectivity index (χ2n) is 8.21. The predicted molar refractivity (Wildman–Crippen MR) is 130 cm³/mol. The molecule has 170 valence electrons. The van der Waals surface area contributed by atoms with Crippen LogP contribution in [0.4, 0.5) is 11.5 Å². The van der Waals surface area contributed by atoms with Gasteiger partial charge in [0.15, 0.2) is 0 Å². The van der Waals surface area contributed by atoms with Crippen LogP contribution in [0, 0.1) is 4.77 Å². The maximum atomic E-state index is 13.0. The molecule has 1 fully saturated rings. The molecule has 1 saturated heterocycles.